The molecule has 0 radical (unpaired) electrons. The lowest BCUT2D eigenvalue weighted by molar-refractivity contribution is -0.120. The van der Waals surface area contributed by atoms with Crippen LogP contribution in [0.2, 0.25) is 0 Å². The van der Waals surface area contributed by atoms with Crippen molar-refractivity contribution in [1.29, 1.82) is 0 Å². The molecule has 0 aromatic rings. The minimum atomic E-state index is -0.192. The van der Waals surface area contributed by atoms with Crippen LogP contribution in [0, 0.1) is 0 Å². The van der Waals surface area contributed by atoms with Crippen LogP contribution in [0.4, 0.5) is 0 Å². The summed E-state index contributed by atoms with van der Waals surface area (Å²) in [5, 5.41) is 3.51. The maximum atomic E-state index is 11.5. The van der Waals surface area contributed by atoms with Crippen LogP contribution in [0.1, 0.15) is 33.1 Å². The van der Waals surface area contributed by atoms with Crippen LogP contribution in [-0.4, -0.2) is 28.2 Å². The Labute approximate surface area is 96.0 Å². The number of thiol groups is 1. The molecule has 0 aromatic heterocycles. The van der Waals surface area contributed by atoms with Crippen LogP contribution in [0.3, 0.4) is 0 Å². The Morgan fingerprint density at radius 1 is 1.64 bits per heavy atom. The summed E-state index contributed by atoms with van der Waals surface area (Å²) in [6.45, 7) is 3.98. The van der Waals surface area contributed by atoms with E-state index in [-0.39, 0.29) is 11.2 Å². The van der Waals surface area contributed by atoms with Crippen molar-refractivity contribution in [3.05, 3.63) is 0 Å². The van der Waals surface area contributed by atoms with Crippen molar-refractivity contribution in [3.8, 4) is 0 Å². The number of hydrogen-bond donors (Lipinski definition) is 2. The fourth-order valence-electron chi connectivity index (χ4n) is 1.81. The average Bonchev–Trinajstić information content (AvgIpc) is 2.53. The van der Waals surface area contributed by atoms with Gasteiger partial charge < -0.3 is 5.32 Å². The summed E-state index contributed by atoms with van der Waals surface area (Å²) < 4.78 is 0. The van der Waals surface area contributed by atoms with Crippen LogP contribution in [0.5, 0.6) is 0 Å². The highest BCUT2D eigenvalue weighted by Crippen LogP contribution is 2.29. The maximum Gasteiger partial charge on any atom is 0.232 e. The van der Waals surface area contributed by atoms with E-state index in [2.05, 4.69) is 24.9 Å². The molecular formula is C10H19NOS2. The van der Waals surface area contributed by atoms with E-state index < -0.39 is 0 Å². The Kier molecular flexibility index (Phi) is 5.17. The number of nitrogens with one attached hydrogen (secondary N) is 1. The lowest BCUT2D eigenvalue weighted by atomic mass is 10.2. The molecule has 1 saturated carbocycles. The van der Waals surface area contributed by atoms with Crippen LogP contribution < -0.4 is 5.32 Å². The van der Waals surface area contributed by atoms with Gasteiger partial charge in [0.05, 0.1) is 5.25 Å². The third-order valence-corrected chi connectivity index (χ3v) is 4.10. The minimum absolute atomic E-state index is 0.0712. The van der Waals surface area contributed by atoms with Crippen LogP contribution in [0.25, 0.3) is 0 Å². The quantitative estimate of drug-likeness (QED) is 0.728. The number of amides is 1. The van der Waals surface area contributed by atoms with Gasteiger partial charge in [-0.05, 0) is 25.5 Å². The fraction of sp³-hybridized carbons (Fsp3) is 0.900. The van der Waals surface area contributed by atoms with Crippen molar-refractivity contribution in [2.45, 2.75) is 49.7 Å². The smallest absolute Gasteiger partial charge is 0.232 e. The summed E-state index contributed by atoms with van der Waals surface area (Å²) in [5.74, 6) is 1.20. The van der Waals surface area contributed by atoms with Crippen molar-refractivity contribution in [2.24, 2.45) is 0 Å². The highest BCUT2D eigenvalue weighted by atomic mass is 32.2. The zero-order chi connectivity index (χ0) is 10.6. The summed E-state index contributed by atoms with van der Waals surface area (Å²) in [5.41, 5.74) is 0. The van der Waals surface area contributed by atoms with Gasteiger partial charge in [-0.3, -0.25) is 4.79 Å². The number of carbonyl (C=O) groups is 1. The summed E-state index contributed by atoms with van der Waals surface area (Å²) >= 11 is 6.09. The van der Waals surface area contributed by atoms with Gasteiger partial charge in [0.15, 0.2) is 0 Å². The highest BCUT2D eigenvalue weighted by Gasteiger charge is 2.28. The van der Waals surface area contributed by atoms with Crippen LogP contribution in [0.15, 0.2) is 0 Å². The first-order chi connectivity index (χ1) is 6.65. The van der Waals surface area contributed by atoms with Crippen molar-refractivity contribution in [2.75, 3.05) is 5.75 Å². The van der Waals surface area contributed by atoms with Crippen LogP contribution in [-0.2, 0) is 4.79 Å². The number of thioether (sulfide) groups is 1. The van der Waals surface area contributed by atoms with Crippen molar-refractivity contribution in [3.63, 3.8) is 0 Å². The second-order valence-electron chi connectivity index (χ2n) is 3.72. The number of rotatable bonds is 4. The molecular weight excluding hydrogens is 214 g/mol. The molecule has 4 heteroatoms. The Balaban J connectivity index is 2.39. The summed E-state index contributed by atoms with van der Waals surface area (Å²) in [6, 6.07) is 0.377. The monoisotopic (exact) mass is 233 g/mol. The van der Waals surface area contributed by atoms with Crippen molar-refractivity contribution >= 4 is 30.3 Å². The molecule has 0 saturated heterocycles. The zero-order valence-corrected chi connectivity index (χ0v) is 10.5. The first-order valence-electron chi connectivity index (χ1n) is 5.25. The molecule has 1 amide bonds. The van der Waals surface area contributed by atoms with E-state index in [4.69, 9.17) is 0 Å². The fourth-order valence-corrected chi connectivity index (χ4v) is 3.08. The normalized spacial score (nSPS) is 28.8. The van der Waals surface area contributed by atoms with Gasteiger partial charge in [0.25, 0.3) is 0 Å². The SMILES string of the molecule is CCSC1CCCC1NC(=O)C(C)S. The van der Waals surface area contributed by atoms with E-state index in [1.54, 1.807) is 0 Å². The Morgan fingerprint density at radius 3 is 2.93 bits per heavy atom. The van der Waals surface area contributed by atoms with Crippen molar-refractivity contribution < 1.29 is 4.79 Å². The Hall–Kier alpha value is 0.170. The molecule has 2 nitrogen and oxygen atoms in total. The average molecular weight is 233 g/mol. The molecule has 1 aliphatic rings. The molecule has 0 spiro atoms. The third kappa shape index (κ3) is 3.39. The summed E-state index contributed by atoms with van der Waals surface area (Å²) in [7, 11) is 0. The second kappa shape index (κ2) is 5.91. The van der Waals surface area contributed by atoms with Crippen LogP contribution >= 0.6 is 24.4 Å². The van der Waals surface area contributed by atoms with Crippen molar-refractivity contribution in [1.82, 2.24) is 5.32 Å². The third-order valence-electron chi connectivity index (χ3n) is 2.54. The molecule has 0 heterocycles. The lowest BCUT2D eigenvalue weighted by Gasteiger charge is -2.20. The largest absolute Gasteiger partial charge is 0.351 e. The molecule has 0 aliphatic heterocycles. The molecule has 3 atom stereocenters. The van der Waals surface area contributed by atoms with Gasteiger partial charge in [0.2, 0.25) is 5.91 Å². The molecule has 1 rings (SSSR count). The molecule has 82 valence electrons. The van der Waals surface area contributed by atoms with Gasteiger partial charge in [-0.15, -0.1) is 0 Å². The molecule has 0 aromatic carbocycles. The first-order valence-corrected chi connectivity index (χ1v) is 6.81. The lowest BCUT2D eigenvalue weighted by Crippen LogP contribution is -2.41. The number of hydrogen-bond acceptors (Lipinski definition) is 3. The summed E-state index contributed by atoms with van der Waals surface area (Å²) in [4.78, 5) is 11.5. The number of carbonyl (C=O) groups excluding carboxylic acids is 1. The zero-order valence-electron chi connectivity index (χ0n) is 8.82. The van der Waals surface area contributed by atoms with E-state index in [1.165, 1.54) is 12.8 Å². The Morgan fingerprint density at radius 2 is 2.36 bits per heavy atom. The van der Waals surface area contributed by atoms with Gasteiger partial charge in [-0.1, -0.05) is 13.3 Å². The van der Waals surface area contributed by atoms with Gasteiger partial charge >= 0.3 is 0 Å². The molecule has 1 aliphatic carbocycles. The predicted molar refractivity (Wildman–Crippen MR) is 66.1 cm³/mol. The molecule has 3 unspecified atom stereocenters. The molecule has 1 N–H and O–H groups in total. The summed E-state index contributed by atoms with van der Waals surface area (Å²) in [6.07, 6.45) is 3.61. The predicted octanol–water partition coefficient (Wildman–Crippen LogP) is 2.10. The molecule has 1 fully saturated rings. The molecule has 0 bridgehead atoms. The standard InChI is InChI=1S/C10H19NOS2/c1-3-14-9-6-4-5-8(9)11-10(12)7(2)13/h7-9,13H,3-6H2,1-2H3,(H,11,12). The maximum absolute atomic E-state index is 11.5. The van der Waals surface area contributed by atoms with E-state index in [1.807, 2.05) is 18.7 Å². The van der Waals surface area contributed by atoms with E-state index in [0.29, 0.717) is 11.3 Å². The first kappa shape index (κ1) is 12.2. The van der Waals surface area contributed by atoms with Gasteiger partial charge in [-0.2, -0.15) is 24.4 Å². The Bertz CT molecular complexity index is 197. The highest BCUT2D eigenvalue weighted by molar-refractivity contribution is 7.99. The topological polar surface area (TPSA) is 29.1 Å². The molecule has 14 heavy (non-hydrogen) atoms. The van der Waals surface area contributed by atoms with E-state index in [9.17, 15) is 4.79 Å². The van der Waals surface area contributed by atoms with Gasteiger partial charge in [-0.25, -0.2) is 0 Å². The van der Waals surface area contributed by atoms with Gasteiger partial charge in [0, 0.05) is 11.3 Å². The second-order valence-corrected chi connectivity index (χ2v) is 6.01. The van der Waals surface area contributed by atoms with E-state index >= 15 is 0 Å². The van der Waals surface area contributed by atoms with E-state index in [0.717, 1.165) is 12.2 Å². The van der Waals surface area contributed by atoms with Gasteiger partial charge in [0.1, 0.15) is 0 Å². The minimum Gasteiger partial charge on any atom is -0.351 e.